The molecule has 18 heavy (non-hydrogen) atoms. The summed E-state index contributed by atoms with van der Waals surface area (Å²) in [6, 6.07) is 2.46. The average Bonchev–Trinajstić information content (AvgIpc) is 2.79. The van der Waals surface area contributed by atoms with E-state index in [1.807, 2.05) is 0 Å². The Morgan fingerprint density at radius 2 is 2.28 bits per heavy atom. The van der Waals surface area contributed by atoms with Crippen molar-refractivity contribution in [3.05, 3.63) is 29.6 Å². The Hall–Kier alpha value is -2.41. The molecular weight excluding hydrogens is 234 g/mol. The van der Waals surface area contributed by atoms with E-state index in [0.717, 1.165) is 0 Å². The second-order valence-corrected chi connectivity index (χ2v) is 3.79. The lowest BCUT2D eigenvalue weighted by molar-refractivity contribution is -0.873. The monoisotopic (exact) mass is 245 g/mol. The maximum Gasteiger partial charge on any atom is 0.468 e. The molecule has 1 aromatic rings. The van der Waals surface area contributed by atoms with E-state index < -0.39 is 10.7 Å². The first-order valence-electron chi connectivity index (χ1n) is 5.19. The van der Waals surface area contributed by atoms with Crippen molar-refractivity contribution in [1.82, 2.24) is 4.98 Å². The summed E-state index contributed by atoms with van der Waals surface area (Å²) in [6.07, 6.45) is 5.24. The van der Waals surface area contributed by atoms with Gasteiger partial charge < -0.3 is 5.73 Å². The third kappa shape index (κ3) is 2.16. The molecule has 7 nitrogen and oxygen atoms in total. The van der Waals surface area contributed by atoms with Gasteiger partial charge in [-0.05, 0) is 29.3 Å². The molecule has 91 valence electrons. The maximum atomic E-state index is 11.4. The van der Waals surface area contributed by atoms with Crippen LogP contribution in [-0.2, 0) is 6.54 Å². The summed E-state index contributed by atoms with van der Waals surface area (Å²) in [5, 5.41) is 7.67. The van der Waals surface area contributed by atoms with Gasteiger partial charge in [0.25, 0.3) is 0 Å². The van der Waals surface area contributed by atoms with Gasteiger partial charge in [-0.3, -0.25) is 9.78 Å². The number of aromatic nitrogens is 1. The highest BCUT2D eigenvalue weighted by Gasteiger charge is 2.39. The van der Waals surface area contributed by atoms with Crippen molar-refractivity contribution in [2.75, 3.05) is 0 Å². The van der Waals surface area contributed by atoms with Gasteiger partial charge in [0.1, 0.15) is 11.9 Å². The Labute approximate surface area is 103 Å². The van der Waals surface area contributed by atoms with Crippen LogP contribution in [0.3, 0.4) is 0 Å². The number of nitrogens with zero attached hydrogens (tertiary/aromatic N) is 4. The van der Waals surface area contributed by atoms with Crippen molar-refractivity contribution in [2.45, 2.75) is 13.5 Å². The molecule has 1 aromatic heterocycles. The number of pyridine rings is 1. The lowest BCUT2D eigenvalue weighted by Gasteiger charge is -2.17. The summed E-state index contributed by atoms with van der Waals surface area (Å²) in [5.74, 6) is -0.0794. The minimum absolute atomic E-state index is 0.0555. The number of hydrogen-bond donors (Lipinski definition) is 1. The number of primary amides is 1. The molecule has 1 radical (unpaired) electrons. The zero-order chi connectivity index (χ0) is 13.2. The van der Waals surface area contributed by atoms with Crippen LogP contribution >= 0.6 is 0 Å². The van der Waals surface area contributed by atoms with Crippen LogP contribution < -0.4 is 5.73 Å². The number of carbonyl (C=O) groups is 2. The molecule has 0 aliphatic carbocycles. The smallest absolute Gasteiger partial charge is 0.315 e. The van der Waals surface area contributed by atoms with Crippen molar-refractivity contribution >= 4 is 24.2 Å². The first kappa shape index (κ1) is 12.1. The van der Waals surface area contributed by atoms with Crippen molar-refractivity contribution in [1.29, 1.82) is 0 Å². The Bertz CT molecular complexity index is 552. The highest BCUT2D eigenvalue weighted by atomic mass is 16.2. The lowest BCUT2D eigenvalue weighted by Crippen LogP contribution is -2.45. The van der Waals surface area contributed by atoms with Crippen LogP contribution in [0.2, 0.25) is 0 Å². The fourth-order valence-electron chi connectivity index (χ4n) is 1.54. The number of hydrogen-bond acceptors (Lipinski definition) is 5. The standard InChI is InChI=1S/C11H10N5O2/c1-8(17)9-2-3-13-10(6-9)7-16(11(12)18)14-4-5-15-16/h2-4,6H,7H2,1H3,(H-,12,18)/p+1. The fourth-order valence-corrected chi connectivity index (χ4v) is 1.54. The van der Waals surface area contributed by atoms with E-state index in [0.29, 0.717) is 11.3 Å². The minimum atomic E-state index is -0.730. The number of urea groups is 1. The normalized spacial score (nSPS) is 15.8. The molecule has 2 rings (SSSR count). The molecule has 2 N–H and O–H groups in total. The molecule has 0 spiro atoms. The van der Waals surface area contributed by atoms with E-state index in [4.69, 9.17) is 5.73 Å². The SMILES string of the molecule is CC(=O)c1ccnc(C[N+]2(C(N)=O)N=[C]C=N2)c1. The number of nitrogens with two attached hydrogens (primary N) is 1. The summed E-state index contributed by atoms with van der Waals surface area (Å²) in [4.78, 5) is 26.7. The average molecular weight is 245 g/mol. The quantitative estimate of drug-likeness (QED) is 0.621. The van der Waals surface area contributed by atoms with E-state index >= 15 is 0 Å². The van der Waals surface area contributed by atoms with E-state index in [2.05, 4.69) is 21.4 Å². The molecule has 0 saturated carbocycles. The van der Waals surface area contributed by atoms with Crippen LogP contribution in [0.15, 0.2) is 28.5 Å². The highest BCUT2D eigenvalue weighted by Crippen LogP contribution is 2.18. The Balaban J connectivity index is 2.31. The van der Waals surface area contributed by atoms with Crippen LogP contribution in [0.5, 0.6) is 0 Å². The summed E-state index contributed by atoms with van der Waals surface area (Å²) in [5.41, 5.74) is 6.29. The zero-order valence-corrected chi connectivity index (χ0v) is 9.70. The van der Waals surface area contributed by atoms with E-state index in [1.54, 1.807) is 12.1 Å². The Morgan fingerprint density at radius 3 is 2.83 bits per heavy atom. The van der Waals surface area contributed by atoms with Gasteiger partial charge >= 0.3 is 6.03 Å². The molecule has 0 bridgehead atoms. The molecule has 0 saturated heterocycles. The molecule has 7 heteroatoms. The maximum absolute atomic E-state index is 11.4. The highest BCUT2D eigenvalue weighted by molar-refractivity contribution is 6.16. The fraction of sp³-hybridized carbons (Fsp3) is 0.182. The molecular formula is C11H11N5O2+. The van der Waals surface area contributed by atoms with E-state index in [9.17, 15) is 9.59 Å². The van der Waals surface area contributed by atoms with E-state index in [1.165, 1.54) is 19.3 Å². The largest absolute Gasteiger partial charge is 0.468 e. The third-order valence-electron chi connectivity index (χ3n) is 2.49. The summed E-state index contributed by atoms with van der Waals surface area (Å²) in [6.45, 7) is 1.51. The Kier molecular flexibility index (Phi) is 2.99. The second kappa shape index (κ2) is 4.46. The summed E-state index contributed by atoms with van der Waals surface area (Å²) in [7, 11) is 0. The summed E-state index contributed by atoms with van der Waals surface area (Å²) >= 11 is 0. The molecule has 2 heterocycles. The number of amides is 2. The van der Waals surface area contributed by atoms with Gasteiger partial charge in [0.05, 0.1) is 0 Å². The summed E-state index contributed by atoms with van der Waals surface area (Å²) < 4.78 is -0.658. The second-order valence-electron chi connectivity index (χ2n) is 3.79. The predicted octanol–water partition coefficient (Wildman–Crippen LogP) is 0.542. The predicted molar refractivity (Wildman–Crippen MR) is 63.7 cm³/mol. The van der Waals surface area contributed by atoms with Gasteiger partial charge in [0.2, 0.25) is 0 Å². The van der Waals surface area contributed by atoms with Gasteiger partial charge in [0, 0.05) is 16.5 Å². The van der Waals surface area contributed by atoms with E-state index in [-0.39, 0.29) is 12.3 Å². The van der Waals surface area contributed by atoms with Crippen LogP contribution in [0.25, 0.3) is 0 Å². The van der Waals surface area contributed by atoms with Crippen molar-refractivity contribution in [3.8, 4) is 0 Å². The zero-order valence-electron chi connectivity index (χ0n) is 9.70. The molecule has 0 fully saturated rings. The van der Waals surface area contributed by atoms with Crippen molar-refractivity contribution in [2.24, 2.45) is 15.9 Å². The molecule has 0 aromatic carbocycles. The number of Topliss-reactive ketones (excluding diaryl/α,β-unsaturated/α-hetero) is 1. The number of rotatable bonds is 3. The van der Waals surface area contributed by atoms with Gasteiger partial charge in [0.15, 0.2) is 18.5 Å². The number of carbonyl (C=O) groups excluding carboxylic acids is 2. The number of quaternary nitrogens is 1. The Morgan fingerprint density at radius 1 is 1.50 bits per heavy atom. The molecule has 1 aliphatic rings. The van der Waals surface area contributed by atoms with Crippen LogP contribution in [0.1, 0.15) is 23.0 Å². The van der Waals surface area contributed by atoms with Gasteiger partial charge in [-0.15, -0.1) is 0 Å². The van der Waals surface area contributed by atoms with Gasteiger partial charge in [-0.2, -0.15) is 0 Å². The van der Waals surface area contributed by atoms with Crippen molar-refractivity contribution < 1.29 is 14.3 Å². The molecule has 2 amide bonds. The third-order valence-corrected chi connectivity index (χ3v) is 2.49. The molecule has 1 unspecified atom stereocenters. The first-order valence-corrected chi connectivity index (χ1v) is 5.19. The van der Waals surface area contributed by atoms with Crippen LogP contribution in [-0.4, -0.2) is 33.9 Å². The number of ketones is 1. The lowest BCUT2D eigenvalue weighted by atomic mass is 10.1. The van der Waals surface area contributed by atoms with Gasteiger partial charge in [-0.1, -0.05) is 0 Å². The molecule has 1 atom stereocenters. The molecule has 1 aliphatic heterocycles. The first-order chi connectivity index (χ1) is 8.53. The topological polar surface area (TPSA) is 97.8 Å². The minimum Gasteiger partial charge on any atom is -0.315 e. The van der Waals surface area contributed by atoms with Crippen LogP contribution in [0, 0.1) is 0 Å². The van der Waals surface area contributed by atoms with Crippen LogP contribution in [0.4, 0.5) is 4.79 Å². The van der Waals surface area contributed by atoms with Gasteiger partial charge in [-0.25, -0.2) is 4.79 Å². The van der Waals surface area contributed by atoms with Crippen molar-refractivity contribution in [3.63, 3.8) is 0 Å².